The number of carboxylic acids is 1. The van der Waals surface area contributed by atoms with E-state index in [-0.39, 0.29) is 11.1 Å². The van der Waals surface area contributed by atoms with E-state index in [1.54, 1.807) is 31.6 Å². The normalized spacial score (nSPS) is 21.5. The van der Waals surface area contributed by atoms with E-state index in [9.17, 15) is 14.7 Å². The predicted octanol–water partition coefficient (Wildman–Crippen LogP) is 3.36. The van der Waals surface area contributed by atoms with E-state index in [0.717, 1.165) is 24.8 Å². The van der Waals surface area contributed by atoms with Crippen LogP contribution in [0.25, 0.3) is 0 Å². The lowest BCUT2D eigenvalue weighted by molar-refractivity contribution is 0.00401. The van der Waals surface area contributed by atoms with Crippen LogP contribution in [-0.2, 0) is 10.2 Å². The summed E-state index contributed by atoms with van der Waals surface area (Å²) in [6.07, 6.45) is 6.12. The van der Waals surface area contributed by atoms with Gasteiger partial charge < -0.3 is 15.2 Å². The standard InChI is InChI=1S/C21H22N2O4S/c1-22-20(28)21(14-7-6-12-23-13-14)11-5-4-10-17(21)27-19(26)16-9-3-2-8-15(16)18(24)25/h2-3,6-9,12-13,17H,4-5,10-11H2,1H3,(H,22,28)(H,24,25). The van der Waals surface area contributed by atoms with E-state index in [0.29, 0.717) is 11.4 Å². The number of carbonyl (C=O) groups excluding carboxylic acids is 1. The van der Waals surface area contributed by atoms with Gasteiger partial charge in [-0.15, -0.1) is 0 Å². The summed E-state index contributed by atoms with van der Waals surface area (Å²) in [6.45, 7) is 0. The van der Waals surface area contributed by atoms with Crippen molar-refractivity contribution in [1.82, 2.24) is 10.3 Å². The molecule has 2 N–H and O–H groups in total. The summed E-state index contributed by atoms with van der Waals surface area (Å²) in [7, 11) is 1.76. The molecule has 1 saturated carbocycles. The average molecular weight is 398 g/mol. The molecule has 28 heavy (non-hydrogen) atoms. The SMILES string of the molecule is CNC(=S)C1(c2cccnc2)CCCCC1OC(=O)c1ccccc1C(=O)O. The Morgan fingerprint density at radius 3 is 2.61 bits per heavy atom. The second-order valence-corrected chi connectivity index (χ2v) is 7.19. The van der Waals surface area contributed by atoms with Crippen LogP contribution in [0.4, 0.5) is 0 Å². The Morgan fingerprint density at radius 1 is 1.21 bits per heavy atom. The van der Waals surface area contributed by atoms with Crippen LogP contribution in [0.3, 0.4) is 0 Å². The molecule has 1 heterocycles. The fourth-order valence-corrected chi connectivity index (χ4v) is 4.26. The number of aromatic carboxylic acids is 1. The largest absolute Gasteiger partial charge is 0.478 e. The van der Waals surface area contributed by atoms with Crippen LogP contribution in [0.2, 0.25) is 0 Å². The van der Waals surface area contributed by atoms with Gasteiger partial charge in [0.05, 0.1) is 21.5 Å². The number of carboxylic acid groups (broad SMARTS) is 1. The Hall–Kier alpha value is -2.80. The van der Waals surface area contributed by atoms with Gasteiger partial charge in [-0.3, -0.25) is 4.98 Å². The molecule has 2 aromatic rings. The third-order valence-electron chi connectivity index (χ3n) is 5.27. The van der Waals surface area contributed by atoms with Crippen molar-refractivity contribution in [2.45, 2.75) is 37.2 Å². The zero-order valence-electron chi connectivity index (χ0n) is 15.6. The Balaban J connectivity index is 2.00. The number of hydrogen-bond donors (Lipinski definition) is 2. The number of hydrogen-bond acceptors (Lipinski definition) is 5. The van der Waals surface area contributed by atoms with Gasteiger partial charge in [-0.1, -0.05) is 36.8 Å². The lowest BCUT2D eigenvalue weighted by Crippen LogP contribution is -2.54. The molecule has 6 nitrogen and oxygen atoms in total. The fraction of sp³-hybridized carbons (Fsp3) is 0.333. The van der Waals surface area contributed by atoms with Crippen LogP contribution in [-0.4, -0.2) is 40.2 Å². The maximum atomic E-state index is 12.9. The molecular formula is C21H22N2O4S. The molecule has 0 aliphatic heterocycles. The highest BCUT2D eigenvalue weighted by Crippen LogP contribution is 2.42. The summed E-state index contributed by atoms with van der Waals surface area (Å²) in [5, 5.41) is 12.4. The molecule has 7 heteroatoms. The highest BCUT2D eigenvalue weighted by atomic mass is 32.1. The van der Waals surface area contributed by atoms with Gasteiger partial charge in [-0.25, -0.2) is 9.59 Å². The zero-order valence-corrected chi connectivity index (χ0v) is 16.4. The van der Waals surface area contributed by atoms with Crippen molar-refractivity contribution < 1.29 is 19.4 Å². The number of rotatable bonds is 5. The first-order valence-electron chi connectivity index (χ1n) is 9.16. The van der Waals surface area contributed by atoms with Crippen molar-refractivity contribution >= 4 is 29.1 Å². The second-order valence-electron chi connectivity index (χ2n) is 6.78. The molecule has 1 aromatic carbocycles. The minimum Gasteiger partial charge on any atom is -0.478 e. The number of thiocarbonyl (C=S) groups is 1. The Labute approximate surface area is 168 Å². The molecular weight excluding hydrogens is 376 g/mol. The average Bonchev–Trinajstić information content (AvgIpc) is 2.74. The molecule has 1 aliphatic carbocycles. The van der Waals surface area contributed by atoms with E-state index < -0.39 is 23.5 Å². The van der Waals surface area contributed by atoms with Gasteiger partial charge in [0.25, 0.3) is 0 Å². The van der Waals surface area contributed by atoms with E-state index in [1.165, 1.54) is 12.1 Å². The van der Waals surface area contributed by atoms with E-state index in [1.807, 2.05) is 12.1 Å². The summed E-state index contributed by atoms with van der Waals surface area (Å²) >= 11 is 5.66. The first kappa shape index (κ1) is 19.9. The molecule has 1 fully saturated rings. The van der Waals surface area contributed by atoms with Crippen LogP contribution >= 0.6 is 12.2 Å². The van der Waals surface area contributed by atoms with Crippen LogP contribution in [0.1, 0.15) is 52.0 Å². The molecule has 0 amide bonds. The molecule has 1 aromatic heterocycles. The fourth-order valence-electron chi connectivity index (χ4n) is 3.91. The third kappa shape index (κ3) is 3.62. The molecule has 1 aliphatic rings. The molecule has 2 atom stereocenters. The van der Waals surface area contributed by atoms with Crippen molar-refractivity contribution in [2.75, 3.05) is 7.05 Å². The van der Waals surface area contributed by atoms with E-state index >= 15 is 0 Å². The van der Waals surface area contributed by atoms with Gasteiger partial charge in [-0.05, 0) is 43.0 Å². The van der Waals surface area contributed by atoms with Crippen molar-refractivity contribution in [3.05, 3.63) is 65.5 Å². The van der Waals surface area contributed by atoms with Crippen molar-refractivity contribution in [3.63, 3.8) is 0 Å². The molecule has 0 spiro atoms. The molecule has 2 unspecified atom stereocenters. The van der Waals surface area contributed by atoms with Crippen LogP contribution in [0.15, 0.2) is 48.8 Å². The monoisotopic (exact) mass is 398 g/mol. The van der Waals surface area contributed by atoms with E-state index in [2.05, 4.69) is 10.3 Å². The van der Waals surface area contributed by atoms with Crippen LogP contribution in [0, 0.1) is 0 Å². The number of likely N-dealkylation sites (N-methyl/N-ethyl adjacent to an activating group) is 1. The summed E-state index contributed by atoms with van der Waals surface area (Å²) in [4.78, 5) is 29.2. The van der Waals surface area contributed by atoms with Gasteiger partial charge in [0.1, 0.15) is 6.10 Å². The molecule has 0 radical (unpaired) electrons. The summed E-state index contributed by atoms with van der Waals surface area (Å²) < 4.78 is 5.90. The van der Waals surface area contributed by atoms with Gasteiger partial charge >= 0.3 is 11.9 Å². The molecule has 0 bridgehead atoms. The summed E-state index contributed by atoms with van der Waals surface area (Å²) in [5.41, 5.74) is 0.158. The number of carbonyl (C=O) groups is 2. The first-order chi connectivity index (χ1) is 13.5. The number of pyridine rings is 1. The van der Waals surface area contributed by atoms with Gasteiger partial charge in [0, 0.05) is 19.4 Å². The molecule has 146 valence electrons. The topological polar surface area (TPSA) is 88.5 Å². The quantitative estimate of drug-likeness (QED) is 0.590. The van der Waals surface area contributed by atoms with Crippen molar-refractivity contribution in [1.29, 1.82) is 0 Å². The summed E-state index contributed by atoms with van der Waals surface area (Å²) in [5.74, 6) is -1.82. The lowest BCUT2D eigenvalue weighted by atomic mass is 9.67. The smallest absolute Gasteiger partial charge is 0.339 e. The minimum absolute atomic E-state index is 0.0380. The van der Waals surface area contributed by atoms with Crippen molar-refractivity contribution in [2.24, 2.45) is 0 Å². The number of ether oxygens (including phenoxy) is 1. The number of nitrogens with zero attached hydrogens (tertiary/aromatic N) is 1. The maximum absolute atomic E-state index is 12.9. The number of aromatic nitrogens is 1. The number of benzene rings is 1. The third-order valence-corrected chi connectivity index (χ3v) is 5.84. The summed E-state index contributed by atoms with van der Waals surface area (Å²) in [6, 6.07) is 9.84. The van der Waals surface area contributed by atoms with E-state index in [4.69, 9.17) is 17.0 Å². The van der Waals surface area contributed by atoms with Crippen molar-refractivity contribution in [3.8, 4) is 0 Å². The van der Waals surface area contributed by atoms with Gasteiger partial charge in [0.2, 0.25) is 0 Å². The predicted molar refractivity (Wildman–Crippen MR) is 109 cm³/mol. The zero-order chi connectivity index (χ0) is 20.1. The first-order valence-corrected chi connectivity index (χ1v) is 9.57. The molecule has 3 rings (SSSR count). The second kappa shape index (κ2) is 8.48. The Bertz CT molecular complexity index is 887. The minimum atomic E-state index is -1.17. The Kier molecular flexibility index (Phi) is 6.04. The highest BCUT2D eigenvalue weighted by molar-refractivity contribution is 7.80. The van der Waals surface area contributed by atoms with Crippen LogP contribution in [0.5, 0.6) is 0 Å². The Morgan fingerprint density at radius 2 is 1.96 bits per heavy atom. The number of nitrogens with one attached hydrogen (secondary N) is 1. The highest BCUT2D eigenvalue weighted by Gasteiger charge is 2.48. The van der Waals surface area contributed by atoms with Crippen LogP contribution < -0.4 is 5.32 Å². The van der Waals surface area contributed by atoms with Gasteiger partial charge in [-0.2, -0.15) is 0 Å². The maximum Gasteiger partial charge on any atom is 0.339 e. The molecule has 0 saturated heterocycles. The number of esters is 1. The lowest BCUT2D eigenvalue weighted by Gasteiger charge is -2.43. The van der Waals surface area contributed by atoms with Gasteiger partial charge in [0.15, 0.2) is 0 Å².